The Bertz CT molecular complexity index is 995. The summed E-state index contributed by atoms with van der Waals surface area (Å²) in [6.45, 7) is 5.39. The quantitative estimate of drug-likeness (QED) is 0.657. The summed E-state index contributed by atoms with van der Waals surface area (Å²) in [6.07, 6.45) is 0. The van der Waals surface area contributed by atoms with Gasteiger partial charge in [0.25, 0.3) is 0 Å². The van der Waals surface area contributed by atoms with E-state index in [0.717, 1.165) is 11.1 Å². The number of hydrogen-bond acceptors (Lipinski definition) is 4. The molecule has 2 aromatic carbocycles. The van der Waals surface area contributed by atoms with E-state index in [0.29, 0.717) is 22.3 Å². The Morgan fingerprint density at radius 3 is 2.42 bits per heavy atom. The molecule has 6 heteroatoms. The van der Waals surface area contributed by atoms with E-state index in [4.69, 9.17) is 4.74 Å². The van der Waals surface area contributed by atoms with Crippen molar-refractivity contribution in [2.45, 2.75) is 32.1 Å². The first-order chi connectivity index (χ1) is 12.2. The van der Waals surface area contributed by atoms with Crippen LogP contribution in [0, 0.1) is 12.7 Å². The van der Waals surface area contributed by atoms with Crippen LogP contribution in [0.25, 0.3) is 11.1 Å². The maximum absolute atomic E-state index is 13.7. The average molecular weight is 374 g/mol. The Kier molecular flexibility index (Phi) is 4.71. The van der Waals surface area contributed by atoms with Crippen LogP contribution in [-0.4, -0.2) is 20.0 Å². The van der Waals surface area contributed by atoms with Gasteiger partial charge in [-0.2, -0.15) is 0 Å². The zero-order valence-corrected chi connectivity index (χ0v) is 15.6. The second kappa shape index (κ2) is 6.68. The van der Waals surface area contributed by atoms with Crippen LogP contribution in [0.2, 0.25) is 0 Å². The number of carbonyl (C=O) groups is 1. The third kappa shape index (κ3) is 3.42. The van der Waals surface area contributed by atoms with Crippen LogP contribution in [0.15, 0.2) is 42.5 Å². The fourth-order valence-electron chi connectivity index (χ4n) is 3.30. The van der Waals surface area contributed by atoms with Crippen LogP contribution in [0.3, 0.4) is 0 Å². The summed E-state index contributed by atoms with van der Waals surface area (Å²) in [7, 11) is -2.52. The summed E-state index contributed by atoms with van der Waals surface area (Å²) >= 11 is 0. The summed E-state index contributed by atoms with van der Waals surface area (Å²) in [4.78, 5) is 12.5. The Morgan fingerprint density at radius 2 is 1.81 bits per heavy atom. The number of benzene rings is 2. The van der Waals surface area contributed by atoms with Crippen molar-refractivity contribution >= 4 is 27.8 Å². The summed E-state index contributed by atoms with van der Waals surface area (Å²) in [5.74, 6) is -0.964. The van der Waals surface area contributed by atoms with E-state index in [2.05, 4.69) is 0 Å². The Labute approximate surface area is 153 Å². The smallest absolute Gasteiger partial charge is 0.340 e. The molecule has 136 valence electrons. The monoisotopic (exact) mass is 374 g/mol. The van der Waals surface area contributed by atoms with Crippen molar-refractivity contribution in [2.24, 2.45) is 0 Å². The van der Waals surface area contributed by atoms with Gasteiger partial charge in [-0.1, -0.05) is 30.3 Å². The number of thiol groups is 1. The lowest BCUT2D eigenvalue weighted by molar-refractivity contribution is -0.141. The van der Waals surface area contributed by atoms with Crippen molar-refractivity contribution in [3.8, 4) is 0 Å². The molecule has 0 aliphatic carbocycles. The Balaban J connectivity index is 2.20. The fraction of sp³-hybridized carbons (Fsp3) is 0.250. The lowest BCUT2D eigenvalue weighted by atomic mass is 9.86. The zero-order chi connectivity index (χ0) is 19.1. The molecular weight excluding hydrogens is 355 g/mol. The van der Waals surface area contributed by atoms with Crippen molar-refractivity contribution in [1.82, 2.24) is 0 Å². The summed E-state index contributed by atoms with van der Waals surface area (Å²) in [5, 5.41) is 0. The number of carbonyl (C=O) groups excluding carboxylic acids is 1. The van der Waals surface area contributed by atoms with Crippen LogP contribution in [0.4, 0.5) is 4.39 Å². The van der Waals surface area contributed by atoms with Gasteiger partial charge >= 0.3 is 5.97 Å². The van der Waals surface area contributed by atoms with E-state index in [1.807, 2.05) is 13.0 Å². The lowest BCUT2D eigenvalue weighted by Gasteiger charge is -2.22. The van der Waals surface area contributed by atoms with Crippen molar-refractivity contribution in [3.63, 3.8) is 0 Å². The lowest BCUT2D eigenvalue weighted by Crippen LogP contribution is -2.22. The predicted octanol–water partition coefficient (Wildman–Crippen LogP) is 3.49. The number of ether oxygens (including phenoxy) is 1. The first kappa shape index (κ1) is 18.3. The maximum atomic E-state index is 13.7. The molecule has 1 aliphatic heterocycles. The van der Waals surface area contributed by atoms with E-state index in [1.54, 1.807) is 38.1 Å². The van der Waals surface area contributed by atoms with Crippen LogP contribution in [0.1, 0.15) is 36.1 Å². The topological polar surface area (TPSA) is 60.4 Å². The number of rotatable bonds is 4. The highest BCUT2D eigenvalue weighted by molar-refractivity contribution is 7.71. The van der Waals surface area contributed by atoms with Crippen molar-refractivity contribution in [2.75, 3.05) is 0 Å². The van der Waals surface area contributed by atoms with Crippen LogP contribution >= 0.6 is 0 Å². The first-order valence-corrected chi connectivity index (χ1v) is 9.51. The number of cyclic esters (lactones) is 1. The van der Waals surface area contributed by atoms with Crippen molar-refractivity contribution in [1.29, 1.82) is 0 Å². The number of esters is 1. The van der Waals surface area contributed by atoms with Crippen molar-refractivity contribution in [3.05, 3.63) is 70.5 Å². The van der Waals surface area contributed by atoms with E-state index in [9.17, 15) is 17.6 Å². The van der Waals surface area contributed by atoms with Crippen molar-refractivity contribution < 1.29 is 22.3 Å². The van der Waals surface area contributed by atoms with Gasteiger partial charge in [0.2, 0.25) is 0 Å². The van der Waals surface area contributed by atoms with Crippen LogP contribution in [-0.2, 0) is 26.0 Å². The van der Waals surface area contributed by atoms with Gasteiger partial charge in [0.05, 0.1) is 11.3 Å². The van der Waals surface area contributed by atoms with E-state index in [1.165, 1.54) is 12.1 Å². The molecule has 2 aromatic rings. The van der Waals surface area contributed by atoms with Gasteiger partial charge in [0, 0.05) is 5.57 Å². The van der Waals surface area contributed by atoms with Crippen LogP contribution in [0.5, 0.6) is 0 Å². The number of aryl methyl sites for hydroxylation is 1. The normalized spacial score (nSPS) is 16.3. The molecule has 0 atom stereocenters. The minimum Gasteiger partial charge on any atom is -0.451 e. The molecular formula is C20H19FO4S. The van der Waals surface area contributed by atoms with Gasteiger partial charge in [0.1, 0.15) is 22.1 Å². The highest BCUT2D eigenvalue weighted by Gasteiger charge is 2.41. The fourth-order valence-corrected chi connectivity index (χ4v) is 3.94. The molecule has 0 saturated carbocycles. The van der Waals surface area contributed by atoms with Crippen LogP contribution < -0.4 is 0 Å². The van der Waals surface area contributed by atoms with Gasteiger partial charge in [-0.15, -0.1) is 0 Å². The third-order valence-corrected chi connectivity index (χ3v) is 5.05. The molecule has 1 aliphatic rings. The Morgan fingerprint density at radius 1 is 1.08 bits per heavy atom. The van der Waals surface area contributed by atoms with Gasteiger partial charge in [0.15, 0.2) is 0 Å². The zero-order valence-electron chi connectivity index (χ0n) is 14.7. The molecule has 0 spiro atoms. The molecule has 0 radical (unpaired) electrons. The first-order valence-electron chi connectivity index (χ1n) is 8.15. The molecule has 0 saturated heterocycles. The molecule has 1 heterocycles. The van der Waals surface area contributed by atoms with E-state index < -0.39 is 28.1 Å². The summed E-state index contributed by atoms with van der Waals surface area (Å²) in [6, 6.07) is 11.2. The SMILES string of the molecule is Cc1cc(C2=C(c3cccc(F)c3)C(=O)OC2(C)C)ccc1C[SH](=O)=O. The predicted molar refractivity (Wildman–Crippen MR) is 98.6 cm³/mol. The highest BCUT2D eigenvalue weighted by atomic mass is 32.2. The Hall–Kier alpha value is -2.47. The summed E-state index contributed by atoms with van der Waals surface area (Å²) in [5.41, 5.74) is 2.84. The highest BCUT2D eigenvalue weighted by Crippen LogP contribution is 2.44. The minimum atomic E-state index is -2.52. The van der Waals surface area contributed by atoms with Gasteiger partial charge in [-0.3, -0.25) is 0 Å². The van der Waals surface area contributed by atoms with Gasteiger partial charge < -0.3 is 4.74 Å². The second-order valence-electron chi connectivity index (χ2n) is 6.79. The van der Waals surface area contributed by atoms with E-state index in [-0.39, 0.29) is 5.75 Å². The molecule has 0 aromatic heterocycles. The molecule has 0 fully saturated rings. The molecule has 0 N–H and O–H groups in total. The van der Waals surface area contributed by atoms with Gasteiger partial charge in [-0.05, 0) is 55.2 Å². The molecule has 4 nitrogen and oxygen atoms in total. The molecule has 26 heavy (non-hydrogen) atoms. The third-order valence-electron chi connectivity index (χ3n) is 4.45. The molecule has 0 unspecified atom stereocenters. The molecule has 3 rings (SSSR count). The number of halogens is 1. The molecule has 0 bridgehead atoms. The van der Waals surface area contributed by atoms with Gasteiger partial charge in [-0.25, -0.2) is 17.6 Å². The minimum absolute atomic E-state index is 0.0317. The molecule has 0 amide bonds. The number of hydrogen-bond donors (Lipinski definition) is 1. The second-order valence-corrected chi connectivity index (χ2v) is 7.77. The summed E-state index contributed by atoms with van der Waals surface area (Å²) < 4.78 is 41.2. The maximum Gasteiger partial charge on any atom is 0.340 e. The average Bonchev–Trinajstić information content (AvgIpc) is 2.77. The largest absolute Gasteiger partial charge is 0.451 e. The van der Waals surface area contributed by atoms with E-state index >= 15 is 0 Å². The standard InChI is InChI=1S/C20H19FO4S/c1-12-9-14(7-8-15(12)11-26(23)24)18-17(19(22)25-20(18,2)3)13-5-4-6-16(21)10-13/h4-10,26H,11H2,1-3H3.